The van der Waals surface area contributed by atoms with E-state index in [0.717, 1.165) is 11.1 Å². The van der Waals surface area contributed by atoms with E-state index >= 15 is 0 Å². The Hall–Kier alpha value is -5.26. The third-order valence-corrected chi connectivity index (χ3v) is 4.80. The van der Waals surface area contributed by atoms with Crippen molar-refractivity contribution in [3.8, 4) is 0 Å². The molecule has 0 fully saturated rings. The van der Waals surface area contributed by atoms with Gasteiger partial charge in [-0.1, -0.05) is 24.3 Å². The highest BCUT2D eigenvalue weighted by molar-refractivity contribution is 5.88. The molecule has 0 bridgehead atoms. The molecule has 0 spiro atoms. The van der Waals surface area contributed by atoms with Gasteiger partial charge in [0.1, 0.15) is 0 Å². The summed E-state index contributed by atoms with van der Waals surface area (Å²) < 4.78 is 0. The molecule has 0 saturated carbocycles. The Morgan fingerprint density at radius 3 is 1.33 bits per heavy atom. The number of nitrogens with one attached hydrogen (secondary N) is 6. The molecule has 0 atom stereocenters. The van der Waals surface area contributed by atoms with Crippen molar-refractivity contribution in [2.24, 2.45) is 0 Å². The molecule has 12 nitrogen and oxygen atoms in total. The summed E-state index contributed by atoms with van der Waals surface area (Å²) in [5, 5.41) is 23.2. The highest BCUT2D eigenvalue weighted by atomic mass is 16.4. The van der Waals surface area contributed by atoms with Gasteiger partial charge in [0.2, 0.25) is 0 Å². The van der Waals surface area contributed by atoms with Crippen LogP contribution in [0.4, 0.5) is 21.0 Å². The van der Waals surface area contributed by atoms with E-state index in [1.165, 1.54) is 48.5 Å². The van der Waals surface area contributed by atoms with Crippen LogP contribution in [-0.4, -0.2) is 34.2 Å². The molecule has 36 heavy (non-hydrogen) atoms. The number of urea groups is 2. The van der Waals surface area contributed by atoms with Gasteiger partial charge in [-0.25, -0.2) is 19.2 Å². The number of benzene rings is 3. The van der Waals surface area contributed by atoms with E-state index in [9.17, 15) is 19.2 Å². The maximum Gasteiger partial charge on any atom is 0.335 e. The first-order valence-electron chi connectivity index (χ1n) is 10.6. The van der Waals surface area contributed by atoms with Crippen molar-refractivity contribution >= 4 is 35.4 Å². The average molecular weight is 492 g/mol. The molecule has 0 aromatic heterocycles. The van der Waals surface area contributed by atoms with Crippen LogP contribution in [0.5, 0.6) is 0 Å². The van der Waals surface area contributed by atoms with Gasteiger partial charge in [0.15, 0.2) is 0 Å². The van der Waals surface area contributed by atoms with Crippen LogP contribution >= 0.6 is 0 Å². The average Bonchev–Trinajstić information content (AvgIpc) is 2.89. The molecule has 0 unspecified atom stereocenters. The summed E-state index contributed by atoms with van der Waals surface area (Å²) in [5.74, 6) is -2.07. The van der Waals surface area contributed by atoms with E-state index in [0.29, 0.717) is 11.4 Å². The highest BCUT2D eigenvalue weighted by Crippen LogP contribution is 2.09. The number of hydrogen-bond donors (Lipinski definition) is 8. The van der Waals surface area contributed by atoms with Crippen LogP contribution < -0.4 is 32.3 Å². The third kappa shape index (κ3) is 7.95. The molecule has 0 saturated heterocycles. The summed E-state index contributed by atoms with van der Waals surface area (Å²) >= 11 is 0. The number of carbonyl (C=O) groups is 4. The summed E-state index contributed by atoms with van der Waals surface area (Å²) in [4.78, 5) is 45.8. The van der Waals surface area contributed by atoms with Gasteiger partial charge in [-0.15, -0.1) is 0 Å². The number of anilines is 2. The summed E-state index contributed by atoms with van der Waals surface area (Å²) in [7, 11) is 0. The molecule has 0 aliphatic heterocycles. The Bertz CT molecular complexity index is 1140. The first-order chi connectivity index (χ1) is 17.3. The van der Waals surface area contributed by atoms with Crippen LogP contribution in [0.3, 0.4) is 0 Å². The SMILES string of the molecule is O=C(NCc1cccc(CNC(=O)NNc2ccc(C(=O)O)cc2)c1)NNc1ccc(C(=O)O)cc1. The molecule has 0 aliphatic carbocycles. The zero-order valence-electron chi connectivity index (χ0n) is 18.9. The Morgan fingerprint density at radius 1 is 0.583 bits per heavy atom. The molecule has 8 N–H and O–H groups in total. The molecule has 3 aromatic carbocycles. The van der Waals surface area contributed by atoms with Crippen molar-refractivity contribution in [1.82, 2.24) is 21.5 Å². The topological polar surface area (TPSA) is 181 Å². The smallest absolute Gasteiger partial charge is 0.335 e. The van der Waals surface area contributed by atoms with Crippen LogP contribution in [0, 0.1) is 0 Å². The van der Waals surface area contributed by atoms with Crippen LogP contribution in [0.15, 0.2) is 72.8 Å². The van der Waals surface area contributed by atoms with Gasteiger partial charge in [0.25, 0.3) is 0 Å². The lowest BCUT2D eigenvalue weighted by atomic mass is 10.1. The molecule has 12 heteroatoms. The predicted octanol–water partition coefficient (Wildman–Crippen LogP) is 2.74. The van der Waals surface area contributed by atoms with Gasteiger partial charge < -0.3 is 20.8 Å². The van der Waals surface area contributed by atoms with Crippen LogP contribution in [0.25, 0.3) is 0 Å². The van der Waals surface area contributed by atoms with Gasteiger partial charge in [0.05, 0.1) is 22.5 Å². The molecular formula is C24H24N6O6. The van der Waals surface area contributed by atoms with Gasteiger partial charge >= 0.3 is 24.0 Å². The van der Waals surface area contributed by atoms with E-state index in [4.69, 9.17) is 10.2 Å². The number of hydrogen-bond acceptors (Lipinski definition) is 6. The van der Waals surface area contributed by atoms with E-state index in [-0.39, 0.29) is 24.2 Å². The zero-order chi connectivity index (χ0) is 25.9. The zero-order valence-corrected chi connectivity index (χ0v) is 18.9. The molecule has 3 aromatic rings. The third-order valence-electron chi connectivity index (χ3n) is 4.80. The first-order valence-corrected chi connectivity index (χ1v) is 10.6. The van der Waals surface area contributed by atoms with Crippen LogP contribution in [0.1, 0.15) is 31.8 Å². The number of carboxylic acid groups (broad SMARTS) is 2. The second-order valence-electron chi connectivity index (χ2n) is 7.45. The van der Waals surface area contributed by atoms with E-state index < -0.39 is 24.0 Å². The Morgan fingerprint density at radius 2 is 0.972 bits per heavy atom. The molecule has 3 rings (SSSR count). The van der Waals surface area contributed by atoms with Gasteiger partial charge in [-0.3, -0.25) is 21.7 Å². The van der Waals surface area contributed by atoms with Gasteiger partial charge in [-0.05, 0) is 59.7 Å². The Labute approximate surface area is 205 Å². The fraction of sp³-hybridized carbons (Fsp3) is 0.0833. The van der Waals surface area contributed by atoms with E-state index in [1.807, 2.05) is 18.2 Å². The molecular weight excluding hydrogens is 468 g/mol. The van der Waals surface area contributed by atoms with Gasteiger partial charge in [0, 0.05) is 13.1 Å². The van der Waals surface area contributed by atoms with E-state index in [2.05, 4.69) is 32.3 Å². The van der Waals surface area contributed by atoms with E-state index in [1.54, 1.807) is 6.07 Å². The number of rotatable bonds is 10. The Kier molecular flexibility index (Phi) is 8.65. The van der Waals surface area contributed by atoms with Crippen LogP contribution in [-0.2, 0) is 13.1 Å². The largest absolute Gasteiger partial charge is 0.478 e. The minimum Gasteiger partial charge on any atom is -0.478 e. The standard InChI is InChI=1S/C24H24N6O6/c31-21(32)17-4-8-19(9-5-17)27-29-23(35)25-13-15-2-1-3-16(12-15)14-26-24(36)30-28-20-10-6-18(7-11-20)22(33)34/h1-12,27-28H,13-14H2,(H,31,32)(H,33,34)(H2,25,29,35)(H2,26,30,36). The fourth-order valence-corrected chi connectivity index (χ4v) is 2.95. The van der Waals surface area contributed by atoms with Crippen molar-refractivity contribution in [3.63, 3.8) is 0 Å². The summed E-state index contributed by atoms with van der Waals surface area (Å²) in [6, 6.07) is 18.1. The lowest BCUT2D eigenvalue weighted by molar-refractivity contribution is 0.0686. The van der Waals surface area contributed by atoms with Crippen molar-refractivity contribution in [1.29, 1.82) is 0 Å². The molecule has 4 amide bonds. The Balaban J connectivity index is 1.38. The molecule has 0 radical (unpaired) electrons. The van der Waals surface area contributed by atoms with Crippen molar-refractivity contribution in [2.45, 2.75) is 13.1 Å². The molecule has 0 heterocycles. The minimum absolute atomic E-state index is 0.139. The van der Waals surface area contributed by atoms with Gasteiger partial charge in [-0.2, -0.15) is 0 Å². The fourth-order valence-electron chi connectivity index (χ4n) is 2.95. The lowest BCUT2D eigenvalue weighted by Crippen LogP contribution is -2.39. The monoisotopic (exact) mass is 492 g/mol. The highest BCUT2D eigenvalue weighted by Gasteiger charge is 2.06. The predicted molar refractivity (Wildman–Crippen MR) is 131 cm³/mol. The van der Waals surface area contributed by atoms with Crippen LogP contribution in [0.2, 0.25) is 0 Å². The maximum absolute atomic E-state index is 12.0. The first kappa shape index (κ1) is 25.4. The number of aromatic carboxylic acids is 2. The second kappa shape index (κ2) is 12.3. The number of carbonyl (C=O) groups excluding carboxylic acids is 2. The van der Waals surface area contributed by atoms with Crippen molar-refractivity contribution < 1.29 is 29.4 Å². The number of amides is 4. The number of hydrazine groups is 2. The summed E-state index contributed by atoms with van der Waals surface area (Å²) in [6.07, 6.45) is 0. The van der Waals surface area contributed by atoms with Crippen molar-refractivity contribution in [3.05, 3.63) is 95.1 Å². The molecule has 186 valence electrons. The summed E-state index contributed by atoms with van der Waals surface area (Å²) in [5.41, 5.74) is 13.2. The maximum atomic E-state index is 12.0. The molecule has 0 aliphatic rings. The normalized spacial score (nSPS) is 10.0. The lowest BCUT2D eigenvalue weighted by Gasteiger charge is -2.12. The minimum atomic E-state index is -1.04. The quantitative estimate of drug-likeness (QED) is 0.199. The number of carboxylic acids is 2. The summed E-state index contributed by atoms with van der Waals surface area (Å²) in [6.45, 7) is 0.471. The van der Waals surface area contributed by atoms with Crippen molar-refractivity contribution in [2.75, 3.05) is 10.9 Å². The second-order valence-corrected chi connectivity index (χ2v) is 7.45.